The number of nitrogens with zero attached hydrogens (tertiary/aromatic N) is 1. The molecule has 2 rings (SSSR count). The Morgan fingerprint density at radius 2 is 2.33 bits per heavy atom. The summed E-state index contributed by atoms with van der Waals surface area (Å²) in [6, 6.07) is 0.601. The quantitative estimate of drug-likeness (QED) is 0.832. The SMILES string of the molecule is CC(C)NCC1(Cc2cncs2)CCC1. The van der Waals surface area contributed by atoms with Gasteiger partial charge in [0.15, 0.2) is 0 Å². The fourth-order valence-electron chi connectivity index (χ4n) is 2.21. The van der Waals surface area contributed by atoms with Crippen LogP contribution >= 0.6 is 11.3 Å². The van der Waals surface area contributed by atoms with E-state index in [-0.39, 0.29) is 0 Å². The van der Waals surface area contributed by atoms with Crippen LogP contribution in [0.4, 0.5) is 0 Å². The zero-order valence-corrected chi connectivity index (χ0v) is 10.4. The minimum atomic E-state index is 0.538. The number of nitrogens with one attached hydrogen (secondary N) is 1. The standard InChI is InChI=1S/C12H20N2S/c1-10(2)14-8-12(4-3-5-12)6-11-7-13-9-15-11/h7,9-10,14H,3-6,8H2,1-2H3. The van der Waals surface area contributed by atoms with Crippen LogP contribution in [0.5, 0.6) is 0 Å². The van der Waals surface area contributed by atoms with Crippen molar-refractivity contribution in [1.29, 1.82) is 0 Å². The van der Waals surface area contributed by atoms with E-state index in [0.717, 1.165) is 0 Å². The highest BCUT2D eigenvalue weighted by atomic mass is 32.1. The summed E-state index contributed by atoms with van der Waals surface area (Å²) in [5.74, 6) is 0. The van der Waals surface area contributed by atoms with Crippen molar-refractivity contribution in [1.82, 2.24) is 10.3 Å². The molecule has 0 radical (unpaired) electrons. The van der Waals surface area contributed by atoms with E-state index in [1.54, 1.807) is 11.3 Å². The van der Waals surface area contributed by atoms with Crippen LogP contribution in [0.15, 0.2) is 11.7 Å². The van der Waals surface area contributed by atoms with Gasteiger partial charge in [0.2, 0.25) is 0 Å². The van der Waals surface area contributed by atoms with E-state index in [2.05, 4.69) is 24.1 Å². The molecule has 3 heteroatoms. The summed E-state index contributed by atoms with van der Waals surface area (Å²) < 4.78 is 0. The van der Waals surface area contributed by atoms with Gasteiger partial charge in [0.25, 0.3) is 0 Å². The van der Waals surface area contributed by atoms with Gasteiger partial charge in [0, 0.05) is 23.7 Å². The molecule has 0 unspecified atom stereocenters. The highest BCUT2D eigenvalue weighted by Gasteiger charge is 2.37. The van der Waals surface area contributed by atoms with E-state index in [0.29, 0.717) is 11.5 Å². The zero-order valence-electron chi connectivity index (χ0n) is 9.62. The number of hydrogen-bond donors (Lipinski definition) is 1. The first-order valence-corrected chi connectivity index (χ1v) is 6.69. The van der Waals surface area contributed by atoms with E-state index < -0.39 is 0 Å². The average Bonchev–Trinajstić information content (AvgIpc) is 2.61. The Kier molecular flexibility index (Phi) is 3.42. The molecule has 1 N–H and O–H groups in total. The Balaban J connectivity index is 1.90. The third kappa shape index (κ3) is 2.79. The second kappa shape index (κ2) is 4.62. The molecular formula is C12H20N2S. The summed E-state index contributed by atoms with van der Waals surface area (Å²) in [7, 11) is 0. The minimum absolute atomic E-state index is 0.538. The van der Waals surface area contributed by atoms with Crippen molar-refractivity contribution >= 4 is 11.3 Å². The first-order valence-electron chi connectivity index (χ1n) is 5.81. The smallest absolute Gasteiger partial charge is 0.0794 e. The largest absolute Gasteiger partial charge is 0.314 e. The second-order valence-corrected chi connectivity index (χ2v) is 6.00. The lowest BCUT2D eigenvalue weighted by molar-refractivity contribution is 0.128. The van der Waals surface area contributed by atoms with Crippen molar-refractivity contribution in [3.05, 3.63) is 16.6 Å². The molecule has 0 aromatic carbocycles. The van der Waals surface area contributed by atoms with E-state index in [9.17, 15) is 0 Å². The van der Waals surface area contributed by atoms with Crippen LogP contribution in [-0.4, -0.2) is 17.6 Å². The molecule has 0 saturated heterocycles. The van der Waals surface area contributed by atoms with Crippen molar-refractivity contribution in [3.8, 4) is 0 Å². The highest BCUT2D eigenvalue weighted by Crippen LogP contribution is 2.43. The van der Waals surface area contributed by atoms with Gasteiger partial charge in [-0.05, 0) is 24.7 Å². The summed E-state index contributed by atoms with van der Waals surface area (Å²) in [5, 5.41) is 3.58. The molecule has 1 aromatic rings. The van der Waals surface area contributed by atoms with Crippen LogP contribution in [0.2, 0.25) is 0 Å². The summed E-state index contributed by atoms with van der Waals surface area (Å²) in [6.45, 7) is 5.61. The number of rotatable bonds is 5. The van der Waals surface area contributed by atoms with Gasteiger partial charge in [-0.2, -0.15) is 0 Å². The Labute approximate surface area is 96.1 Å². The van der Waals surface area contributed by atoms with Crippen LogP contribution in [-0.2, 0) is 6.42 Å². The Morgan fingerprint density at radius 3 is 2.80 bits per heavy atom. The fourth-order valence-corrected chi connectivity index (χ4v) is 2.98. The van der Waals surface area contributed by atoms with Crippen molar-refractivity contribution in [3.63, 3.8) is 0 Å². The van der Waals surface area contributed by atoms with Crippen LogP contribution in [0, 0.1) is 5.41 Å². The summed E-state index contributed by atoms with van der Waals surface area (Å²) in [6.07, 6.45) is 7.41. The molecule has 1 heterocycles. The predicted molar refractivity (Wildman–Crippen MR) is 65.2 cm³/mol. The van der Waals surface area contributed by atoms with Gasteiger partial charge < -0.3 is 5.32 Å². The molecular weight excluding hydrogens is 204 g/mol. The molecule has 0 atom stereocenters. The Morgan fingerprint density at radius 1 is 1.53 bits per heavy atom. The molecule has 2 nitrogen and oxygen atoms in total. The monoisotopic (exact) mass is 224 g/mol. The molecule has 0 spiro atoms. The highest BCUT2D eigenvalue weighted by molar-refractivity contribution is 7.09. The fraction of sp³-hybridized carbons (Fsp3) is 0.750. The molecule has 1 aliphatic rings. The summed E-state index contributed by atoms with van der Waals surface area (Å²) in [5.41, 5.74) is 2.48. The van der Waals surface area contributed by atoms with Crippen molar-refractivity contribution in [2.45, 2.75) is 45.6 Å². The van der Waals surface area contributed by atoms with Crippen LogP contribution < -0.4 is 5.32 Å². The maximum atomic E-state index is 4.16. The maximum absolute atomic E-state index is 4.16. The molecule has 1 aliphatic carbocycles. The van der Waals surface area contributed by atoms with Crippen LogP contribution in [0.3, 0.4) is 0 Å². The van der Waals surface area contributed by atoms with Gasteiger partial charge in [-0.3, -0.25) is 4.98 Å². The van der Waals surface area contributed by atoms with Crippen LogP contribution in [0.25, 0.3) is 0 Å². The van der Waals surface area contributed by atoms with Gasteiger partial charge in [-0.1, -0.05) is 20.3 Å². The first kappa shape index (κ1) is 11.1. The topological polar surface area (TPSA) is 24.9 Å². The van der Waals surface area contributed by atoms with Crippen molar-refractivity contribution in [2.24, 2.45) is 5.41 Å². The normalized spacial score (nSPS) is 19.1. The van der Waals surface area contributed by atoms with Crippen molar-refractivity contribution < 1.29 is 0 Å². The van der Waals surface area contributed by atoms with E-state index in [1.807, 2.05) is 11.7 Å². The Hall–Kier alpha value is -0.410. The zero-order chi connectivity index (χ0) is 10.7. The van der Waals surface area contributed by atoms with Crippen LogP contribution in [0.1, 0.15) is 38.0 Å². The summed E-state index contributed by atoms with van der Waals surface area (Å²) >= 11 is 1.79. The summed E-state index contributed by atoms with van der Waals surface area (Å²) in [4.78, 5) is 5.60. The third-order valence-corrected chi connectivity index (χ3v) is 4.11. The van der Waals surface area contributed by atoms with Gasteiger partial charge >= 0.3 is 0 Å². The number of hydrogen-bond acceptors (Lipinski definition) is 3. The molecule has 15 heavy (non-hydrogen) atoms. The lowest BCUT2D eigenvalue weighted by atomic mass is 9.66. The second-order valence-electron chi connectivity index (χ2n) is 5.03. The lowest BCUT2D eigenvalue weighted by Crippen LogP contribution is -2.43. The van der Waals surface area contributed by atoms with Crippen molar-refractivity contribution in [2.75, 3.05) is 6.54 Å². The molecule has 0 amide bonds. The third-order valence-electron chi connectivity index (χ3n) is 3.33. The first-order chi connectivity index (χ1) is 7.20. The molecule has 1 aromatic heterocycles. The molecule has 84 valence electrons. The molecule has 0 bridgehead atoms. The molecule has 0 aliphatic heterocycles. The molecule has 1 fully saturated rings. The van der Waals surface area contributed by atoms with E-state index in [4.69, 9.17) is 0 Å². The van der Waals surface area contributed by atoms with Gasteiger partial charge in [-0.15, -0.1) is 11.3 Å². The van der Waals surface area contributed by atoms with E-state index in [1.165, 1.54) is 37.1 Å². The Bertz CT molecular complexity index is 289. The average molecular weight is 224 g/mol. The van der Waals surface area contributed by atoms with Gasteiger partial charge in [0.1, 0.15) is 0 Å². The van der Waals surface area contributed by atoms with E-state index >= 15 is 0 Å². The predicted octanol–water partition coefficient (Wildman–Crippen LogP) is 2.85. The molecule has 1 saturated carbocycles. The van der Waals surface area contributed by atoms with Gasteiger partial charge in [-0.25, -0.2) is 0 Å². The number of thiazole rings is 1. The lowest BCUT2D eigenvalue weighted by Gasteiger charge is -2.42. The van der Waals surface area contributed by atoms with Gasteiger partial charge in [0.05, 0.1) is 5.51 Å². The number of aromatic nitrogens is 1. The maximum Gasteiger partial charge on any atom is 0.0794 e. The minimum Gasteiger partial charge on any atom is -0.314 e.